The van der Waals surface area contributed by atoms with E-state index in [1.54, 1.807) is 0 Å². The molecule has 17 heavy (non-hydrogen) atoms. The van der Waals surface area contributed by atoms with E-state index in [1.165, 1.54) is 0 Å². The summed E-state index contributed by atoms with van der Waals surface area (Å²) in [4.78, 5) is 11.6. The van der Waals surface area contributed by atoms with E-state index in [0.717, 1.165) is 11.3 Å². The minimum atomic E-state index is -0.453. The highest BCUT2D eigenvalue weighted by atomic mass is 16.5. The lowest BCUT2D eigenvalue weighted by Gasteiger charge is -2.16. The molecule has 3 nitrogen and oxygen atoms in total. The van der Waals surface area contributed by atoms with Gasteiger partial charge in [-0.25, -0.2) is 0 Å². The fraction of sp³-hybridized carbons (Fsp3) is 0.500. The van der Waals surface area contributed by atoms with Crippen LogP contribution in [0, 0.1) is 5.41 Å². The number of carbonyl (C=O) groups is 1. The van der Waals surface area contributed by atoms with E-state index >= 15 is 0 Å². The molecule has 3 heteroatoms. The van der Waals surface area contributed by atoms with Gasteiger partial charge in [-0.3, -0.25) is 4.79 Å². The van der Waals surface area contributed by atoms with Crippen molar-refractivity contribution in [3.8, 4) is 5.75 Å². The van der Waals surface area contributed by atoms with Gasteiger partial charge in [-0.05, 0) is 45.4 Å². The lowest BCUT2D eigenvalue weighted by atomic mass is 9.97. The van der Waals surface area contributed by atoms with Gasteiger partial charge in [0.05, 0.1) is 12.0 Å². The maximum absolute atomic E-state index is 11.6. The monoisotopic (exact) mass is 236 g/mol. The van der Waals surface area contributed by atoms with Crippen LogP contribution in [-0.2, 0) is 16.1 Å². The molecule has 94 valence electrons. The highest BCUT2D eigenvalue weighted by Crippen LogP contribution is 2.17. The van der Waals surface area contributed by atoms with E-state index in [4.69, 9.17) is 9.47 Å². The number of benzene rings is 1. The van der Waals surface area contributed by atoms with Crippen LogP contribution in [0.15, 0.2) is 24.3 Å². The van der Waals surface area contributed by atoms with E-state index in [2.05, 4.69) is 0 Å². The van der Waals surface area contributed by atoms with E-state index in [9.17, 15) is 4.79 Å². The molecule has 0 aliphatic carbocycles. The van der Waals surface area contributed by atoms with Crippen molar-refractivity contribution >= 4 is 5.97 Å². The summed E-state index contributed by atoms with van der Waals surface area (Å²) in [7, 11) is 0. The molecule has 0 heterocycles. The summed E-state index contributed by atoms with van der Waals surface area (Å²) in [5, 5.41) is 0. The first-order valence-corrected chi connectivity index (χ1v) is 5.82. The fourth-order valence-electron chi connectivity index (χ4n) is 1.21. The van der Waals surface area contributed by atoms with Crippen molar-refractivity contribution in [1.82, 2.24) is 0 Å². The molecule has 0 saturated carbocycles. The number of esters is 1. The zero-order valence-electron chi connectivity index (χ0n) is 10.9. The number of rotatable bonds is 4. The van der Waals surface area contributed by atoms with E-state index in [0.29, 0.717) is 13.2 Å². The first-order valence-electron chi connectivity index (χ1n) is 5.82. The average molecular weight is 236 g/mol. The van der Waals surface area contributed by atoms with Crippen LogP contribution in [-0.4, -0.2) is 12.6 Å². The summed E-state index contributed by atoms with van der Waals surface area (Å²) in [5.41, 5.74) is 0.511. The largest absolute Gasteiger partial charge is 0.494 e. The van der Waals surface area contributed by atoms with Gasteiger partial charge in [0.15, 0.2) is 0 Å². The van der Waals surface area contributed by atoms with Gasteiger partial charge in [0.1, 0.15) is 12.4 Å². The Bertz CT molecular complexity index is 360. The molecule has 0 radical (unpaired) electrons. The third-order valence-corrected chi connectivity index (χ3v) is 2.22. The molecule has 0 unspecified atom stereocenters. The maximum atomic E-state index is 11.6. The SMILES string of the molecule is CCOc1ccc(COC(=O)C(C)(C)C)cc1. The van der Waals surface area contributed by atoms with Crippen LogP contribution in [0.25, 0.3) is 0 Å². The summed E-state index contributed by atoms with van der Waals surface area (Å²) in [6, 6.07) is 7.56. The Morgan fingerprint density at radius 1 is 1.18 bits per heavy atom. The smallest absolute Gasteiger partial charge is 0.311 e. The standard InChI is InChI=1S/C14H20O3/c1-5-16-12-8-6-11(7-9-12)10-17-13(15)14(2,3)4/h6-9H,5,10H2,1-4H3. The van der Waals surface area contributed by atoms with Crippen LogP contribution in [0.3, 0.4) is 0 Å². The molecule has 1 aromatic carbocycles. The van der Waals surface area contributed by atoms with Gasteiger partial charge in [0.25, 0.3) is 0 Å². The van der Waals surface area contributed by atoms with Gasteiger partial charge >= 0.3 is 5.97 Å². The van der Waals surface area contributed by atoms with Crippen molar-refractivity contribution in [2.75, 3.05) is 6.61 Å². The second-order valence-electron chi connectivity index (χ2n) is 4.90. The molecule has 0 bridgehead atoms. The highest BCUT2D eigenvalue weighted by Gasteiger charge is 2.22. The van der Waals surface area contributed by atoms with Gasteiger partial charge in [-0.1, -0.05) is 12.1 Å². The predicted molar refractivity (Wildman–Crippen MR) is 66.9 cm³/mol. The Kier molecular flexibility index (Phi) is 4.55. The summed E-state index contributed by atoms with van der Waals surface area (Å²) in [5.74, 6) is 0.643. The van der Waals surface area contributed by atoms with E-state index in [-0.39, 0.29) is 5.97 Å². The Balaban J connectivity index is 2.50. The molecule has 0 aliphatic heterocycles. The molecule has 0 fully saturated rings. The van der Waals surface area contributed by atoms with Crippen LogP contribution in [0.4, 0.5) is 0 Å². The van der Waals surface area contributed by atoms with Crippen molar-refractivity contribution in [1.29, 1.82) is 0 Å². The Hall–Kier alpha value is -1.51. The first-order chi connectivity index (χ1) is 7.93. The molecule has 0 atom stereocenters. The quantitative estimate of drug-likeness (QED) is 0.753. The molecule has 0 spiro atoms. The second-order valence-corrected chi connectivity index (χ2v) is 4.90. The summed E-state index contributed by atoms with van der Waals surface area (Å²) < 4.78 is 10.5. The third kappa shape index (κ3) is 4.47. The van der Waals surface area contributed by atoms with Gasteiger partial charge in [-0.15, -0.1) is 0 Å². The minimum Gasteiger partial charge on any atom is -0.494 e. The zero-order valence-corrected chi connectivity index (χ0v) is 10.9. The second kappa shape index (κ2) is 5.71. The van der Waals surface area contributed by atoms with E-state index < -0.39 is 5.41 Å². The van der Waals surface area contributed by atoms with Crippen LogP contribution >= 0.6 is 0 Å². The normalized spacial score (nSPS) is 11.1. The maximum Gasteiger partial charge on any atom is 0.311 e. The molecule has 0 saturated heterocycles. The molecule has 0 aromatic heterocycles. The summed E-state index contributed by atoms with van der Waals surface area (Å²) >= 11 is 0. The van der Waals surface area contributed by atoms with Crippen LogP contribution in [0.1, 0.15) is 33.3 Å². The highest BCUT2D eigenvalue weighted by molar-refractivity contribution is 5.75. The van der Waals surface area contributed by atoms with Crippen LogP contribution in [0.5, 0.6) is 5.75 Å². The molecular formula is C14H20O3. The van der Waals surface area contributed by atoms with Crippen LogP contribution < -0.4 is 4.74 Å². The van der Waals surface area contributed by atoms with Crippen molar-refractivity contribution in [2.45, 2.75) is 34.3 Å². The molecule has 1 rings (SSSR count). The molecule has 1 aromatic rings. The topological polar surface area (TPSA) is 35.5 Å². The lowest BCUT2D eigenvalue weighted by Crippen LogP contribution is -2.22. The fourth-order valence-corrected chi connectivity index (χ4v) is 1.21. The van der Waals surface area contributed by atoms with Crippen molar-refractivity contribution in [2.24, 2.45) is 5.41 Å². The molecular weight excluding hydrogens is 216 g/mol. The van der Waals surface area contributed by atoms with Gasteiger partial charge in [-0.2, -0.15) is 0 Å². The Morgan fingerprint density at radius 3 is 2.24 bits per heavy atom. The van der Waals surface area contributed by atoms with Crippen molar-refractivity contribution < 1.29 is 14.3 Å². The van der Waals surface area contributed by atoms with Crippen LogP contribution in [0.2, 0.25) is 0 Å². The third-order valence-electron chi connectivity index (χ3n) is 2.22. The zero-order chi connectivity index (χ0) is 12.9. The van der Waals surface area contributed by atoms with Gasteiger partial charge < -0.3 is 9.47 Å². The summed E-state index contributed by atoms with van der Waals surface area (Å²) in [6.07, 6.45) is 0. The number of ether oxygens (including phenoxy) is 2. The van der Waals surface area contributed by atoms with Crippen molar-refractivity contribution in [3.63, 3.8) is 0 Å². The lowest BCUT2D eigenvalue weighted by molar-refractivity contribution is -0.154. The first kappa shape index (κ1) is 13.6. The number of hydrogen-bond acceptors (Lipinski definition) is 3. The predicted octanol–water partition coefficient (Wildman–Crippen LogP) is 3.17. The molecule has 0 aliphatic rings. The molecule has 0 amide bonds. The average Bonchev–Trinajstić information content (AvgIpc) is 2.27. The Labute approximate surface area is 103 Å². The Morgan fingerprint density at radius 2 is 1.76 bits per heavy atom. The van der Waals surface area contributed by atoms with Crippen molar-refractivity contribution in [3.05, 3.63) is 29.8 Å². The number of carbonyl (C=O) groups excluding carboxylic acids is 1. The molecule has 0 N–H and O–H groups in total. The van der Waals surface area contributed by atoms with Gasteiger partial charge in [0.2, 0.25) is 0 Å². The van der Waals surface area contributed by atoms with Gasteiger partial charge in [0, 0.05) is 0 Å². The minimum absolute atomic E-state index is 0.189. The number of hydrogen-bond donors (Lipinski definition) is 0. The summed E-state index contributed by atoms with van der Waals surface area (Å²) in [6.45, 7) is 8.43. The van der Waals surface area contributed by atoms with E-state index in [1.807, 2.05) is 52.0 Å².